The lowest BCUT2D eigenvalue weighted by Crippen LogP contribution is -2.16. The number of H-pyrrole nitrogens is 1. The second-order valence-corrected chi connectivity index (χ2v) is 1.34. The highest BCUT2D eigenvalue weighted by Gasteiger charge is 1.95. The van der Waals surface area contributed by atoms with Gasteiger partial charge in [-0.1, -0.05) is 0 Å². The fraction of sp³-hybridized carbons (Fsp3) is 0. The Hall–Kier alpha value is -1.52. The first kappa shape index (κ1) is 5.61. The minimum atomic E-state index is -0.848. The fourth-order valence-corrected chi connectivity index (χ4v) is 0.408. The molecule has 3 N–H and O–H groups in total. The third kappa shape index (κ3) is 1.45. The maximum atomic E-state index is 10.0. The Labute approximate surface area is 50.8 Å². The molecule has 0 saturated heterocycles. The molecule has 5 heteroatoms. The zero-order valence-electron chi connectivity index (χ0n) is 4.50. The Morgan fingerprint density at radius 1 is 1.89 bits per heavy atom. The summed E-state index contributed by atoms with van der Waals surface area (Å²) in [6.45, 7) is 0. The van der Waals surface area contributed by atoms with Crippen molar-refractivity contribution in [2.24, 2.45) is 5.73 Å². The highest BCUT2D eigenvalue weighted by Crippen LogP contribution is 2.00. The van der Waals surface area contributed by atoms with Crippen LogP contribution in [-0.2, 0) is 0 Å². The molecule has 1 aromatic heterocycles. The van der Waals surface area contributed by atoms with E-state index in [4.69, 9.17) is 0 Å². The molecule has 0 unspecified atom stereocenters. The molecule has 0 spiro atoms. The molecule has 0 saturated carbocycles. The third-order valence-electron chi connectivity index (χ3n) is 0.686. The van der Waals surface area contributed by atoms with Crippen molar-refractivity contribution in [2.45, 2.75) is 0 Å². The monoisotopic (exact) mass is 127 g/mol. The average Bonchev–Trinajstić information content (AvgIpc) is 2.15. The maximum absolute atomic E-state index is 10.0. The number of nitrogens with one attached hydrogen (secondary N) is 1. The van der Waals surface area contributed by atoms with E-state index in [1.807, 2.05) is 0 Å². The number of primary amides is 1. The molecule has 0 aliphatic carbocycles. The molecule has 0 radical (unpaired) electrons. The van der Waals surface area contributed by atoms with Crippen molar-refractivity contribution in [1.82, 2.24) is 10.2 Å². The van der Waals surface area contributed by atoms with Gasteiger partial charge in [0.25, 0.3) is 0 Å². The van der Waals surface area contributed by atoms with Crippen LogP contribution in [0.15, 0.2) is 12.3 Å². The number of amides is 1. The first-order valence-electron chi connectivity index (χ1n) is 2.25. The van der Waals surface area contributed by atoms with Gasteiger partial charge in [0.1, 0.15) is 0 Å². The van der Waals surface area contributed by atoms with E-state index >= 15 is 0 Å². The van der Waals surface area contributed by atoms with Crippen molar-refractivity contribution in [3.8, 4) is 5.88 Å². The van der Waals surface area contributed by atoms with Crippen LogP contribution in [0.3, 0.4) is 0 Å². The Bertz CT molecular complexity index is 194. The van der Waals surface area contributed by atoms with Crippen molar-refractivity contribution < 1.29 is 9.53 Å². The molecule has 0 aliphatic rings. The molecule has 0 bridgehead atoms. The summed E-state index contributed by atoms with van der Waals surface area (Å²) in [5, 5.41) is 5.91. The molecule has 1 aromatic rings. The van der Waals surface area contributed by atoms with Gasteiger partial charge in [-0.15, -0.1) is 0 Å². The molecule has 0 aromatic carbocycles. The molecule has 9 heavy (non-hydrogen) atoms. The molecule has 1 amide bonds. The average molecular weight is 127 g/mol. The van der Waals surface area contributed by atoms with Gasteiger partial charge in [-0.3, -0.25) is 0 Å². The molecule has 5 nitrogen and oxygen atoms in total. The smallest absolute Gasteiger partial charge is 0.392 e. The molecule has 1 heterocycles. The van der Waals surface area contributed by atoms with Crippen LogP contribution < -0.4 is 10.5 Å². The predicted octanol–water partition coefficient (Wildman–Crippen LogP) is -0.133. The molecule has 48 valence electrons. The number of nitrogens with zero attached hydrogens (tertiary/aromatic N) is 1. The summed E-state index contributed by atoms with van der Waals surface area (Å²) in [6, 6.07) is 1.49. The van der Waals surface area contributed by atoms with Crippen molar-refractivity contribution in [3.63, 3.8) is 0 Å². The fourth-order valence-electron chi connectivity index (χ4n) is 0.408. The lowest BCUT2D eigenvalue weighted by Gasteiger charge is -1.91. The number of carbonyl (C=O) groups excluding carboxylic acids is 1. The SMILES string of the molecule is NC(=O)Oc1ccn[nH]1. The van der Waals surface area contributed by atoms with E-state index < -0.39 is 6.09 Å². The maximum Gasteiger partial charge on any atom is 0.411 e. The molecule has 0 aliphatic heterocycles. The van der Waals surface area contributed by atoms with Crippen LogP contribution in [0.5, 0.6) is 5.88 Å². The largest absolute Gasteiger partial charge is 0.411 e. The standard InChI is InChI=1S/C4H5N3O2/c5-4(8)9-3-1-2-6-7-3/h1-2H,(H2,5,8)(H,6,7). The van der Waals surface area contributed by atoms with Crippen LogP contribution in [0.1, 0.15) is 0 Å². The third-order valence-corrected chi connectivity index (χ3v) is 0.686. The number of nitrogens with two attached hydrogens (primary N) is 1. The normalized spacial score (nSPS) is 8.89. The Morgan fingerprint density at radius 3 is 3.11 bits per heavy atom. The van der Waals surface area contributed by atoms with Gasteiger partial charge in [0.05, 0.1) is 6.20 Å². The molecule has 0 fully saturated rings. The second kappa shape index (κ2) is 2.17. The van der Waals surface area contributed by atoms with E-state index in [2.05, 4.69) is 20.7 Å². The van der Waals surface area contributed by atoms with Crippen molar-refractivity contribution in [2.75, 3.05) is 0 Å². The number of ether oxygens (including phenoxy) is 1. The Balaban J connectivity index is 2.58. The van der Waals surface area contributed by atoms with Gasteiger partial charge >= 0.3 is 6.09 Å². The summed E-state index contributed by atoms with van der Waals surface area (Å²) in [4.78, 5) is 10.0. The van der Waals surface area contributed by atoms with Crippen LogP contribution >= 0.6 is 0 Å². The van der Waals surface area contributed by atoms with Gasteiger partial charge in [0.15, 0.2) is 0 Å². The van der Waals surface area contributed by atoms with E-state index in [0.29, 0.717) is 0 Å². The topological polar surface area (TPSA) is 81.0 Å². The zero-order chi connectivity index (χ0) is 6.69. The van der Waals surface area contributed by atoms with Crippen LogP contribution in [-0.4, -0.2) is 16.3 Å². The van der Waals surface area contributed by atoms with Crippen molar-refractivity contribution in [3.05, 3.63) is 12.3 Å². The quantitative estimate of drug-likeness (QED) is 0.551. The van der Waals surface area contributed by atoms with Crippen LogP contribution in [0.4, 0.5) is 4.79 Å². The van der Waals surface area contributed by atoms with E-state index in [1.54, 1.807) is 0 Å². The van der Waals surface area contributed by atoms with Gasteiger partial charge in [-0.2, -0.15) is 5.10 Å². The minimum absolute atomic E-state index is 0.252. The predicted molar refractivity (Wildman–Crippen MR) is 28.8 cm³/mol. The van der Waals surface area contributed by atoms with Gasteiger partial charge in [-0.05, 0) is 0 Å². The van der Waals surface area contributed by atoms with Crippen LogP contribution in [0.2, 0.25) is 0 Å². The minimum Gasteiger partial charge on any atom is -0.392 e. The number of hydrogen-bond acceptors (Lipinski definition) is 3. The lowest BCUT2D eigenvalue weighted by atomic mass is 10.7. The van der Waals surface area contributed by atoms with Gasteiger partial charge in [-0.25, -0.2) is 9.89 Å². The molecular weight excluding hydrogens is 122 g/mol. The number of aromatic amines is 1. The molecular formula is C4H5N3O2. The van der Waals surface area contributed by atoms with Gasteiger partial charge in [0, 0.05) is 6.07 Å². The highest BCUT2D eigenvalue weighted by molar-refractivity contribution is 5.67. The second-order valence-electron chi connectivity index (χ2n) is 1.34. The summed E-state index contributed by atoms with van der Waals surface area (Å²) < 4.78 is 4.38. The van der Waals surface area contributed by atoms with Crippen LogP contribution in [0, 0.1) is 0 Å². The van der Waals surface area contributed by atoms with Gasteiger partial charge in [0.2, 0.25) is 5.88 Å². The molecule has 1 rings (SSSR count). The van der Waals surface area contributed by atoms with Crippen LogP contribution in [0.25, 0.3) is 0 Å². The summed E-state index contributed by atoms with van der Waals surface area (Å²) in [5.41, 5.74) is 4.67. The lowest BCUT2D eigenvalue weighted by molar-refractivity contribution is 0.209. The summed E-state index contributed by atoms with van der Waals surface area (Å²) >= 11 is 0. The first-order valence-corrected chi connectivity index (χ1v) is 2.25. The van der Waals surface area contributed by atoms with Gasteiger partial charge < -0.3 is 10.5 Å². The van der Waals surface area contributed by atoms with Crippen molar-refractivity contribution in [1.29, 1.82) is 0 Å². The zero-order valence-corrected chi connectivity index (χ0v) is 4.50. The summed E-state index contributed by atoms with van der Waals surface area (Å²) in [5.74, 6) is 0.252. The number of carbonyl (C=O) groups is 1. The number of hydrogen-bond donors (Lipinski definition) is 2. The van der Waals surface area contributed by atoms with E-state index in [-0.39, 0.29) is 5.88 Å². The Kier molecular flexibility index (Phi) is 1.35. The van der Waals surface area contributed by atoms with E-state index in [9.17, 15) is 4.79 Å². The highest BCUT2D eigenvalue weighted by atomic mass is 16.6. The Morgan fingerprint density at radius 2 is 2.67 bits per heavy atom. The first-order chi connectivity index (χ1) is 4.29. The molecule has 0 atom stereocenters. The van der Waals surface area contributed by atoms with E-state index in [1.165, 1.54) is 12.3 Å². The van der Waals surface area contributed by atoms with E-state index in [0.717, 1.165) is 0 Å². The summed E-state index contributed by atoms with van der Waals surface area (Å²) in [7, 11) is 0. The number of rotatable bonds is 1. The number of aromatic nitrogens is 2. The van der Waals surface area contributed by atoms with Crippen molar-refractivity contribution >= 4 is 6.09 Å². The summed E-state index contributed by atoms with van der Waals surface area (Å²) in [6.07, 6.45) is 0.609.